The van der Waals surface area contributed by atoms with Crippen LogP contribution < -0.4 is 33.2 Å². The van der Waals surface area contributed by atoms with Crippen molar-refractivity contribution < 1.29 is 34.2 Å². The van der Waals surface area contributed by atoms with Crippen LogP contribution in [0.3, 0.4) is 0 Å². The molecule has 12 N–H and O–H groups in total. The molecule has 0 spiro atoms. The number of aromatic nitrogens is 2. The molecule has 3 amide bonds. The van der Waals surface area contributed by atoms with Crippen LogP contribution >= 0.6 is 0 Å². The number of nitrogens with two attached hydrogens (primary N) is 3. The Bertz CT molecular complexity index is 1530. The Morgan fingerprint density at radius 3 is 2.37 bits per heavy atom. The minimum atomic E-state index is -1.49. The monoisotopic (exact) mass is 637 g/mol. The van der Waals surface area contributed by atoms with Gasteiger partial charge in [0.05, 0.1) is 12.1 Å². The zero-order valence-corrected chi connectivity index (χ0v) is 25.2. The van der Waals surface area contributed by atoms with Gasteiger partial charge in [0.15, 0.2) is 11.8 Å². The maximum Gasteiger partial charge on any atom is 0.326 e. The number of aliphatic hydroxyl groups excluding tert-OH is 1. The quantitative estimate of drug-likeness (QED) is 0.0785. The van der Waals surface area contributed by atoms with Crippen molar-refractivity contribution in [1.82, 2.24) is 26.1 Å². The zero-order chi connectivity index (χ0) is 33.4. The molecule has 0 radical (unpaired) electrons. The fourth-order valence-corrected chi connectivity index (χ4v) is 5.12. The third kappa shape index (κ3) is 8.70. The van der Waals surface area contributed by atoms with Gasteiger partial charge in [-0.3, -0.25) is 9.79 Å². The first kappa shape index (κ1) is 33.7. The van der Waals surface area contributed by atoms with Crippen LogP contribution in [0.15, 0.2) is 64.1 Å². The van der Waals surface area contributed by atoms with Crippen LogP contribution in [0.4, 0.5) is 4.79 Å². The molecule has 4 rings (SSSR count). The van der Waals surface area contributed by atoms with Gasteiger partial charge < -0.3 is 53.0 Å². The first-order valence-corrected chi connectivity index (χ1v) is 14.6. The summed E-state index contributed by atoms with van der Waals surface area (Å²) >= 11 is 0. The standard InChI is InChI=1S/C30H39N9O7/c1-16(40)23(25-37-24(39-46-25)21(31)13-17-5-3-2-4-6-17)36-29(45)38-30(15-19(30)11-12-34-28(32)33)27(44)35-22(26(42)43)14-18-7-9-20(41)10-8-18/h2-10,16,19,21-23,40-41H,11-15,31H2,1H3,(H,35,44)(H,42,43)(H4,32,33,34)(H2,36,38,45)/t16?,19-,21+,22?,23+,30?/m1/s1. The number of aliphatic imine (C=N–C) groups is 1. The normalized spacial score (nSPS) is 19.6. The van der Waals surface area contributed by atoms with Gasteiger partial charge in [0.2, 0.25) is 5.91 Å². The lowest BCUT2D eigenvalue weighted by Crippen LogP contribution is -2.57. The molecule has 1 saturated carbocycles. The molecule has 0 saturated heterocycles. The number of rotatable bonds is 15. The third-order valence-corrected chi connectivity index (χ3v) is 7.72. The van der Waals surface area contributed by atoms with Crippen LogP contribution in [-0.2, 0) is 22.4 Å². The molecule has 46 heavy (non-hydrogen) atoms. The van der Waals surface area contributed by atoms with E-state index in [2.05, 4.69) is 31.1 Å². The highest BCUT2D eigenvalue weighted by Gasteiger charge is 2.61. The van der Waals surface area contributed by atoms with E-state index in [-0.39, 0.29) is 42.8 Å². The molecule has 16 heteroatoms. The second-order valence-electron chi connectivity index (χ2n) is 11.3. The van der Waals surface area contributed by atoms with Crippen LogP contribution in [0.1, 0.15) is 54.7 Å². The number of urea groups is 1. The summed E-state index contributed by atoms with van der Waals surface area (Å²) in [6.45, 7) is 1.59. The molecule has 1 heterocycles. The SMILES string of the molecule is CC(O)[C@H](NC(=O)NC1(C(=O)NC(Cc2ccc(O)cc2)C(=O)O)C[C@H]1CCN=C(N)N)c1nc([C@@H](N)Cc2ccccc2)no1. The van der Waals surface area contributed by atoms with Crippen LogP contribution in [0, 0.1) is 5.92 Å². The molecule has 1 aliphatic rings. The molecule has 1 aromatic heterocycles. The molecule has 0 aliphatic heterocycles. The molecule has 246 valence electrons. The number of hydrogen-bond donors (Lipinski definition) is 9. The third-order valence-electron chi connectivity index (χ3n) is 7.72. The van der Waals surface area contributed by atoms with Gasteiger partial charge in [-0.05, 0) is 55.4 Å². The molecule has 3 unspecified atom stereocenters. The highest BCUT2D eigenvalue weighted by molar-refractivity contribution is 5.96. The summed E-state index contributed by atoms with van der Waals surface area (Å²) in [5.74, 6) is -2.48. The second kappa shape index (κ2) is 14.7. The van der Waals surface area contributed by atoms with Gasteiger partial charge in [0, 0.05) is 13.0 Å². The minimum absolute atomic E-state index is 0.0118. The van der Waals surface area contributed by atoms with Gasteiger partial charge >= 0.3 is 12.0 Å². The number of aliphatic carboxylic acids is 1. The summed E-state index contributed by atoms with van der Waals surface area (Å²) < 4.78 is 5.34. The molecule has 1 aliphatic carbocycles. The lowest BCUT2D eigenvalue weighted by molar-refractivity contribution is -0.142. The summed E-state index contributed by atoms with van der Waals surface area (Å²) in [7, 11) is 0. The fraction of sp³-hybridized carbons (Fsp3) is 0.400. The smallest absolute Gasteiger partial charge is 0.326 e. The number of carboxylic acids is 1. The van der Waals surface area contributed by atoms with Crippen molar-refractivity contribution in [1.29, 1.82) is 0 Å². The number of carbonyl (C=O) groups excluding carboxylic acids is 2. The van der Waals surface area contributed by atoms with Crippen molar-refractivity contribution in [3.63, 3.8) is 0 Å². The number of amides is 3. The Morgan fingerprint density at radius 1 is 1.07 bits per heavy atom. The number of aliphatic hydroxyl groups is 1. The number of benzene rings is 2. The number of hydrogen-bond acceptors (Lipinski definition) is 10. The predicted octanol–water partition coefficient (Wildman–Crippen LogP) is -0.0269. The molecule has 1 fully saturated rings. The van der Waals surface area contributed by atoms with Gasteiger partial charge in [-0.2, -0.15) is 4.98 Å². The molecule has 2 aromatic carbocycles. The molecule has 3 aromatic rings. The Balaban J connectivity index is 1.47. The van der Waals surface area contributed by atoms with Gasteiger partial charge in [0.25, 0.3) is 5.89 Å². The van der Waals surface area contributed by atoms with Crippen molar-refractivity contribution in [2.75, 3.05) is 6.54 Å². The Kier molecular flexibility index (Phi) is 10.8. The Morgan fingerprint density at radius 2 is 1.74 bits per heavy atom. The maximum absolute atomic E-state index is 13.6. The highest BCUT2D eigenvalue weighted by Crippen LogP contribution is 2.46. The number of nitrogens with zero attached hydrogens (tertiary/aromatic N) is 3. The summed E-state index contributed by atoms with van der Waals surface area (Å²) in [6.07, 6.45) is -0.342. The van der Waals surface area contributed by atoms with Crippen LogP contribution in [0.25, 0.3) is 0 Å². The predicted molar refractivity (Wildman–Crippen MR) is 165 cm³/mol. The van der Waals surface area contributed by atoms with E-state index in [1.165, 1.54) is 19.1 Å². The average molecular weight is 638 g/mol. The van der Waals surface area contributed by atoms with Crippen LogP contribution in [0.5, 0.6) is 5.75 Å². The summed E-state index contributed by atoms with van der Waals surface area (Å²) in [6, 6.07) is 11.4. The van der Waals surface area contributed by atoms with Gasteiger partial charge in [-0.25, -0.2) is 9.59 Å². The van der Waals surface area contributed by atoms with Gasteiger partial charge in [-0.1, -0.05) is 47.6 Å². The molecular formula is C30H39N9O7. The molecule has 6 atom stereocenters. The van der Waals surface area contributed by atoms with Crippen molar-refractivity contribution in [3.05, 3.63) is 77.4 Å². The number of carboxylic acid groups (broad SMARTS) is 1. The van der Waals surface area contributed by atoms with E-state index in [0.717, 1.165) is 5.56 Å². The lowest BCUT2D eigenvalue weighted by atomic mass is 10.0. The minimum Gasteiger partial charge on any atom is -0.508 e. The summed E-state index contributed by atoms with van der Waals surface area (Å²) in [4.78, 5) is 47.2. The first-order chi connectivity index (χ1) is 21.9. The van der Waals surface area contributed by atoms with Crippen molar-refractivity contribution in [3.8, 4) is 5.75 Å². The van der Waals surface area contributed by atoms with E-state index in [0.29, 0.717) is 18.4 Å². The largest absolute Gasteiger partial charge is 0.508 e. The maximum atomic E-state index is 13.6. The number of guanidine groups is 1. The number of nitrogens with one attached hydrogen (secondary N) is 3. The number of phenolic OH excluding ortho intramolecular Hbond substituents is 1. The lowest BCUT2D eigenvalue weighted by Gasteiger charge is -2.24. The Hall–Kier alpha value is -5.22. The summed E-state index contributed by atoms with van der Waals surface area (Å²) in [5.41, 5.74) is 17.1. The molecular weight excluding hydrogens is 598 g/mol. The number of carbonyl (C=O) groups is 3. The average Bonchev–Trinajstić information content (AvgIpc) is 3.46. The van der Waals surface area contributed by atoms with E-state index in [4.69, 9.17) is 21.7 Å². The first-order valence-electron chi connectivity index (χ1n) is 14.6. The number of phenols is 1. The highest BCUT2D eigenvalue weighted by atomic mass is 16.5. The zero-order valence-electron chi connectivity index (χ0n) is 25.2. The van der Waals surface area contributed by atoms with E-state index in [9.17, 15) is 29.7 Å². The van der Waals surface area contributed by atoms with Gasteiger partial charge in [-0.15, -0.1) is 0 Å². The van der Waals surface area contributed by atoms with Gasteiger partial charge in [0.1, 0.15) is 23.4 Å². The van der Waals surface area contributed by atoms with E-state index < -0.39 is 53.6 Å². The van der Waals surface area contributed by atoms with E-state index in [1.54, 1.807) is 12.1 Å². The van der Waals surface area contributed by atoms with Crippen molar-refractivity contribution >= 4 is 23.9 Å². The second-order valence-corrected chi connectivity index (χ2v) is 11.3. The summed E-state index contributed by atoms with van der Waals surface area (Å²) in [5, 5.41) is 41.5. The number of aromatic hydroxyl groups is 1. The van der Waals surface area contributed by atoms with E-state index in [1.807, 2.05) is 30.3 Å². The van der Waals surface area contributed by atoms with Crippen molar-refractivity contribution in [2.24, 2.45) is 28.1 Å². The van der Waals surface area contributed by atoms with E-state index >= 15 is 0 Å². The topological polar surface area (TPSA) is 277 Å². The molecule has 0 bridgehead atoms. The Labute approximate surface area is 264 Å². The van der Waals surface area contributed by atoms with Crippen LogP contribution in [0.2, 0.25) is 0 Å². The fourth-order valence-electron chi connectivity index (χ4n) is 5.12. The van der Waals surface area contributed by atoms with Crippen molar-refractivity contribution in [2.45, 2.75) is 62.4 Å². The molecule has 16 nitrogen and oxygen atoms in total. The van der Waals surface area contributed by atoms with Crippen LogP contribution in [-0.4, -0.2) is 73.6 Å².